The maximum absolute atomic E-state index is 12.0. The number of methoxy groups -OCH3 is 1. The zero-order valence-electron chi connectivity index (χ0n) is 11.9. The molecule has 0 atom stereocenters. The van der Waals surface area contributed by atoms with E-state index in [1.807, 2.05) is 23.1 Å². The maximum atomic E-state index is 12.0. The number of ether oxygens (including phenoxy) is 2. The van der Waals surface area contributed by atoms with E-state index in [4.69, 9.17) is 15.2 Å². The Kier molecular flexibility index (Phi) is 5.24. The Hall–Kier alpha value is -1.75. The van der Waals surface area contributed by atoms with Crippen LogP contribution in [0.25, 0.3) is 0 Å². The molecule has 1 aliphatic rings. The quantitative estimate of drug-likeness (QED) is 0.849. The molecule has 0 aliphatic carbocycles. The van der Waals surface area contributed by atoms with Gasteiger partial charge in [-0.25, -0.2) is 0 Å². The predicted octanol–water partition coefficient (Wildman–Crippen LogP) is 1.20. The topological polar surface area (TPSA) is 64.8 Å². The number of hydrogen-bond donors (Lipinski definition) is 1. The summed E-state index contributed by atoms with van der Waals surface area (Å²) in [4.78, 5) is 13.8. The minimum Gasteiger partial charge on any atom is -0.493 e. The molecule has 1 aliphatic heterocycles. The van der Waals surface area contributed by atoms with Gasteiger partial charge in [-0.3, -0.25) is 4.79 Å². The number of carbonyl (C=O) groups is 1. The van der Waals surface area contributed by atoms with Crippen LogP contribution in [0, 0.1) is 0 Å². The summed E-state index contributed by atoms with van der Waals surface area (Å²) < 4.78 is 10.9. The summed E-state index contributed by atoms with van der Waals surface area (Å²) in [5.41, 5.74) is 6.63. The normalized spacial score (nSPS) is 14.4. The minimum absolute atomic E-state index is 0.0359. The lowest BCUT2D eigenvalue weighted by molar-refractivity contribution is -0.132. The third-order valence-electron chi connectivity index (χ3n) is 3.47. The van der Waals surface area contributed by atoms with E-state index in [1.54, 1.807) is 7.11 Å². The van der Waals surface area contributed by atoms with E-state index >= 15 is 0 Å². The molecule has 0 bridgehead atoms. The number of carbonyl (C=O) groups excluding carboxylic acids is 1. The van der Waals surface area contributed by atoms with E-state index in [0.29, 0.717) is 18.0 Å². The summed E-state index contributed by atoms with van der Waals surface area (Å²) >= 11 is 0. The first-order chi connectivity index (χ1) is 9.74. The monoisotopic (exact) mass is 278 g/mol. The molecular weight excluding hydrogens is 256 g/mol. The standard InChI is InChI=1S/C15H22N2O3/c1-19-13-5-4-12(6-7-16)10-14(13)20-11-15(18)17-8-2-3-9-17/h4-5,10H,2-3,6-9,11,16H2,1H3. The van der Waals surface area contributed by atoms with E-state index in [-0.39, 0.29) is 12.5 Å². The molecule has 0 spiro atoms. The minimum atomic E-state index is 0.0359. The third kappa shape index (κ3) is 3.63. The van der Waals surface area contributed by atoms with Crippen molar-refractivity contribution in [3.63, 3.8) is 0 Å². The van der Waals surface area contributed by atoms with Crippen LogP contribution < -0.4 is 15.2 Å². The fourth-order valence-electron chi connectivity index (χ4n) is 2.35. The van der Waals surface area contributed by atoms with Gasteiger partial charge in [-0.1, -0.05) is 6.07 Å². The van der Waals surface area contributed by atoms with Crippen LogP contribution in [-0.4, -0.2) is 44.2 Å². The average Bonchev–Trinajstić information content (AvgIpc) is 2.99. The lowest BCUT2D eigenvalue weighted by atomic mass is 10.1. The Labute approximate surface area is 119 Å². The fourth-order valence-corrected chi connectivity index (χ4v) is 2.35. The summed E-state index contributed by atoms with van der Waals surface area (Å²) in [6.45, 7) is 2.32. The van der Waals surface area contributed by atoms with E-state index in [0.717, 1.165) is 37.9 Å². The first kappa shape index (κ1) is 14.7. The number of likely N-dealkylation sites (tertiary alicyclic amines) is 1. The van der Waals surface area contributed by atoms with Gasteiger partial charge in [0.05, 0.1) is 7.11 Å². The molecule has 0 unspecified atom stereocenters. The van der Waals surface area contributed by atoms with Crippen molar-refractivity contribution >= 4 is 5.91 Å². The molecule has 20 heavy (non-hydrogen) atoms. The van der Waals surface area contributed by atoms with Gasteiger partial charge in [0.25, 0.3) is 5.91 Å². The Bertz CT molecular complexity index is 456. The second-order valence-corrected chi connectivity index (χ2v) is 4.90. The van der Waals surface area contributed by atoms with Crippen molar-refractivity contribution in [1.29, 1.82) is 0 Å². The molecule has 5 heteroatoms. The second kappa shape index (κ2) is 7.14. The number of benzene rings is 1. The maximum Gasteiger partial charge on any atom is 0.260 e. The summed E-state index contributed by atoms with van der Waals surface area (Å²) in [5, 5.41) is 0. The fraction of sp³-hybridized carbons (Fsp3) is 0.533. The van der Waals surface area contributed by atoms with Crippen LogP contribution in [-0.2, 0) is 11.2 Å². The van der Waals surface area contributed by atoms with Gasteiger partial charge in [-0.05, 0) is 43.5 Å². The van der Waals surface area contributed by atoms with Crippen molar-refractivity contribution in [3.8, 4) is 11.5 Å². The third-order valence-corrected chi connectivity index (χ3v) is 3.47. The average molecular weight is 278 g/mol. The van der Waals surface area contributed by atoms with Gasteiger partial charge in [-0.2, -0.15) is 0 Å². The number of hydrogen-bond acceptors (Lipinski definition) is 4. The molecule has 0 radical (unpaired) electrons. The van der Waals surface area contributed by atoms with E-state index in [9.17, 15) is 4.79 Å². The molecule has 5 nitrogen and oxygen atoms in total. The van der Waals surface area contributed by atoms with Gasteiger partial charge in [0.1, 0.15) is 0 Å². The lowest BCUT2D eigenvalue weighted by Gasteiger charge is -2.17. The van der Waals surface area contributed by atoms with Crippen LogP contribution in [0.3, 0.4) is 0 Å². The van der Waals surface area contributed by atoms with Crippen molar-refractivity contribution in [3.05, 3.63) is 23.8 Å². The zero-order chi connectivity index (χ0) is 14.4. The molecule has 1 amide bonds. The van der Waals surface area contributed by atoms with Crippen LogP contribution in [0.1, 0.15) is 18.4 Å². The number of rotatable bonds is 6. The summed E-state index contributed by atoms with van der Waals surface area (Å²) in [6.07, 6.45) is 2.95. The lowest BCUT2D eigenvalue weighted by Crippen LogP contribution is -2.32. The highest BCUT2D eigenvalue weighted by molar-refractivity contribution is 5.78. The molecule has 1 fully saturated rings. The van der Waals surface area contributed by atoms with Crippen LogP contribution in [0.4, 0.5) is 0 Å². The number of nitrogens with zero attached hydrogens (tertiary/aromatic N) is 1. The highest BCUT2D eigenvalue weighted by atomic mass is 16.5. The molecule has 1 heterocycles. The van der Waals surface area contributed by atoms with Gasteiger partial charge in [0, 0.05) is 13.1 Å². The highest BCUT2D eigenvalue weighted by Crippen LogP contribution is 2.28. The first-order valence-electron chi connectivity index (χ1n) is 7.02. The van der Waals surface area contributed by atoms with Crippen LogP contribution >= 0.6 is 0 Å². The molecule has 1 saturated heterocycles. The molecular formula is C15H22N2O3. The summed E-state index contributed by atoms with van der Waals surface area (Å²) in [6, 6.07) is 5.70. The van der Waals surface area contributed by atoms with Crippen LogP contribution in [0.5, 0.6) is 11.5 Å². The van der Waals surface area contributed by atoms with E-state index in [1.165, 1.54) is 0 Å². The van der Waals surface area contributed by atoms with Crippen molar-refractivity contribution in [2.45, 2.75) is 19.3 Å². The van der Waals surface area contributed by atoms with Crippen LogP contribution in [0.2, 0.25) is 0 Å². The molecule has 2 rings (SSSR count). The molecule has 1 aromatic carbocycles. The molecule has 0 aromatic heterocycles. The molecule has 0 saturated carbocycles. The van der Waals surface area contributed by atoms with Crippen molar-refractivity contribution in [1.82, 2.24) is 4.90 Å². The summed E-state index contributed by atoms with van der Waals surface area (Å²) in [5.74, 6) is 1.28. The molecule has 110 valence electrons. The first-order valence-corrected chi connectivity index (χ1v) is 7.02. The second-order valence-electron chi connectivity index (χ2n) is 4.90. The van der Waals surface area contributed by atoms with Crippen molar-refractivity contribution in [2.24, 2.45) is 5.73 Å². The van der Waals surface area contributed by atoms with Gasteiger partial charge in [0.15, 0.2) is 18.1 Å². The van der Waals surface area contributed by atoms with Gasteiger partial charge >= 0.3 is 0 Å². The van der Waals surface area contributed by atoms with E-state index in [2.05, 4.69) is 0 Å². The van der Waals surface area contributed by atoms with Gasteiger partial charge in [0.2, 0.25) is 0 Å². The molecule has 2 N–H and O–H groups in total. The smallest absolute Gasteiger partial charge is 0.260 e. The number of amides is 1. The predicted molar refractivity (Wildman–Crippen MR) is 77.1 cm³/mol. The Morgan fingerprint density at radius 2 is 2.05 bits per heavy atom. The Balaban J connectivity index is 1.99. The summed E-state index contributed by atoms with van der Waals surface area (Å²) in [7, 11) is 1.59. The van der Waals surface area contributed by atoms with Crippen molar-refractivity contribution < 1.29 is 14.3 Å². The Morgan fingerprint density at radius 1 is 1.30 bits per heavy atom. The molecule has 1 aromatic rings. The highest BCUT2D eigenvalue weighted by Gasteiger charge is 2.18. The largest absolute Gasteiger partial charge is 0.493 e. The zero-order valence-corrected chi connectivity index (χ0v) is 11.9. The van der Waals surface area contributed by atoms with Crippen molar-refractivity contribution in [2.75, 3.05) is 33.4 Å². The van der Waals surface area contributed by atoms with Gasteiger partial charge < -0.3 is 20.1 Å². The van der Waals surface area contributed by atoms with Gasteiger partial charge in [-0.15, -0.1) is 0 Å². The Morgan fingerprint density at radius 3 is 2.70 bits per heavy atom. The number of nitrogens with two attached hydrogens (primary N) is 1. The van der Waals surface area contributed by atoms with Crippen LogP contribution in [0.15, 0.2) is 18.2 Å². The SMILES string of the molecule is COc1ccc(CCN)cc1OCC(=O)N1CCCC1. The van der Waals surface area contributed by atoms with E-state index < -0.39 is 0 Å².